The maximum absolute atomic E-state index is 15.2. The Labute approximate surface area is 133 Å². The quantitative estimate of drug-likeness (QED) is 0.685. The summed E-state index contributed by atoms with van der Waals surface area (Å²) in [4.78, 5) is 11.8. The van der Waals surface area contributed by atoms with Crippen molar-refractivity contribution in [1.29, 1.82) is 0 Å². The van der Waals surface area contributed by atoms with E-state index in [-0.39, 0.29) is 11.6 Å². The van der Waals surface area contributed by atoms with Gasteiger partial charge in [0, 0.05) is 19.2 Å². The van der Waals surface area contributed by atoms with E-state index in [0.29, 0.717) is 31.6 Å². The Morgan fingerprint density at radius 1 is 1.26 bits per heavy atom. The molecule has 0 aliphatic carbocycles. The summed E-state index contributed by atoms with van der Waals surface area (Å²) in [5, 5.41) is 13.9. The smallest absolute Gasteiger partial charge is 0.272 e. The predicted molar refractivity (Wildman–Crippen MR) is 83.9 cm³/mol. The molecule has 0 saturated carbocycles. The zero-order valence-electron chi connectivity index (χ0n) is 12.9. The number of hydrogen-bond donors (Lipinski definition) is 1. The fourth-order valence-electron chi connectivity index (χ4n) is 3.73. The van der Waals surface area contributed by atoms with E-state index in [9.17, 15) is 14.5 Å². The fourth-order valence-corrected chi connectivity index (χ4v) is 3.73. The van der Waals surface area contributed by atoms with Crippen LogP contribution in [0.15, 0.2) is 18.2 Å². The van der Waals surface area contributed by atoms with Crippen molar-refractivity contribution in [2.24, 2.45) is 5.92 Å². The topological polar surface area (TPSA) is 58.4 Å². The molecule has 0 aromatic heterocycles. The van der Waals surface area contributed by atoms with Crippen LogP contribution in [0.3, 0.4) is 0 Å². The summed E-state index contributed by atoms with van der Waals surface area (Å²) in [5.41, 5.74) is -1.11. The SMILES string of the molecule is O=[N+]([O-])c1ccc(N2CCC(F)(C3CCNCC3)CC2)c(F)c1. The molecule has 0 atom stereocenters. The molecule has 1 N–H and O–H groups in total. The molecule has 5 nitrogen and oxygen atoms in total. The van der Waals surface area contributed by atoms with Crippen molar-refractivity contribution in [2.75, 3.05) is 31.1 Å². The van der Waals surface area contributed by atoms with Crippen LogP contribution in [0.25, 0.3) is 0 Å². The fraction of sp³-hybridized carbons (Fsp3) is 0.625. The Kier molecular flexibility index (Phi) is 4.48. The standard InChI is InChI=1S/C16H21F2N3O2/c17-14-11-13(21(22)23)1-2-15(14)20-9-5-16(18,6-10-20)12-3-7-19-8-4-12/h1-2,11-12,19H,3-10H2. The van der Waals surface area contributed by atoms with Crippen LogP contribution in [0.4, 0.5) is 20.2 Å². The van der Waals surface area contributed by atoms with Gasteiger partial charge >= 0.3 is 0 Å². The molecular weight excluding hydrogens is 304 g/mol. The molecule has 0 unspecified atom stereocenters. The summed E-state index contributed by atoms with van der Waals surface area (Å²) in [7, 11) is 0. The molecule has 2 fully saturated rings. The molecule has 2 aliphatic rings. The Morgan fingerprint density at radius 2 is 1.91 bits per heavy atom. The van der Waals surface area contributed by atoms with Crippen molar-refractivity contribution in [1.82, 2.24) is 5.32 Å². The van der Waals surface area contributed by atoms with Gasteiger partial charge in [0.05, 0.1) is 16.7 Å². The van der Waals surface area contributed by atoms with Gasteiger partial charge in [0.25, 0.3) is 5.69 Å². The molecule has 0 radical (unpaired) electrons. The largest absolute Gasteiger partial charge is 0.369 e. The molecule has 2 heterocycles. The van der Waals surface area contributed by atoms with Crippen LogP contribution < -0.4 is 10.2 Å². The average Bonchev–Trinajstić information content (AvgIpc) is 2.56. The van der Waals surface area contributed by atoms with Crippen LogP contribution in [0.2, 0.25) is 0 Å². The van der Waals surface area contributed by atoms with E-state index in [4.69, 9.17) is 0 Å². The molecule has 0 amide bonds. The van der Waals surface area contributed by atoms with E-state index in [2.05, 4.69) is 5.32 Å². The summed E-state index contributed by atoms with van der Waals surface area (Å²) in [6, 6.07) is 3.64. The number of benzene rings is 1. The molecular formula is C16H21F2N3O2. The lowest BCUT2D eigenvalue weighted by Gasteiger charge is -2.43. The van der Waals surface area contributed by atoms with E-state index < -0.39 is 16.4 Å². The van der Waals surface area contributed by atoms with Gasteiger partial charge in [-0.25, -0.2) is 8.78 Å². The number of halogens is 2. The average molecular weight is 325 g/mol. The highest BCUT2D eigenvalue weighted by Gasteiger charge is 2.42. The van der Waals surface area contributed by atoms with Crippen molar-refractivity contribution >= 4 is 11.4 Å². The van der Waals surface area contributed by atoms with Crippen molar-refractivity contribution in [2.45, 2.75) is 31.4 Å². The predicted octanol–water partition coefficient (Wildman–Crippen LogP) is 3.04. The van der Waals surface area contributed by atoms with Gasteiger partial charge in [-0.1, -0.05) is 0 Å². The van der Waals surface area contributed by atoms with Gasteiger partial charge in [-0.2, -0.15) is 0 Å². The van der Waals surface area contributed by atoms with E-state index in [1.807, 2.05) is 0 Å². The molecule has 23 heavy (non-hydrogen) atoms. The number of alkyl halides is 1. The van der Waals surface area contributed by atoms with Crippen molar-refractivity contribution < 1.29 is 13.7 Å². The highest BCUT2D eigenvalue weighted by Crippen LogP contribution is 2.40. The maximum Gasteiger partial charge on any atom is 0.272 e. The van der Waals surface area contributed by atoms with Crippen LogP contribution in [0.5, 0.6) is 0 Å². The zero-order chi connectivity index (χ0) is 16.4. The lowest BCUT2D eigenvalue weighted by molar-refractivity contribution is -0.385. The van der Waals surface area contributed by atoms with Crippen molar-refractivity contribution in [3.63, 3.8) is 0 Å². The molecule has 7 heteroatoms. The number of hydrogen-bond acceptors (Lipinski definition) is 4. The summed E-state index contributed by atoms with van der Waals surface area (Å²) < 4.78 is 29.3. The normalized spacial score (nSPS) is 22.1. The monoisotopic (exact) mass is 325 g/mol. The van der Waals surface area contributed by atoms with E-state index >= 15 is 4.39 Å². The Bertz CT molecular complexity index is 583. The second-order valence-corrected chi connectivity index (χ2v) is 6.44. The van der Waals surface area contributed by atoms with E-state index in [1.165, 1.54) is 12.1 Å². The van der Waals surface area contributed by atoms with Crippen LogP contribution in [0.1, 0.15) is 25.7 Å². The Morgan fingerprint density at radius 3 is 2.48 bits per heavy atom. The first-order valence-electron chi connectivity index (χ1n) is 8.08. The second kappa shape index (κ2) is 6.39. The first kappa shape index (κ1) is 16.1. The van der Waals surface area contributed by atoms with Gasteiger partial charge in [-0.15, -0.1) is 0 Å². The second-order valence-electron chi connectivity index (χ2n) is 6.44. The highest BCUT2D eigenvalue weighted by molar-refractivity contribution is 5.52. The van der Waals surface area contributed by atoms with Crippen LogP contribution in [-0.2, 0) is 0 Å². The number of piperidine rings is 2. The van der Waals surface area contributed by atoms with Gasteiger partial charge in [-0.05, 0) is 50.8 Å². The third kappa shape index (κ3) is 3.29. The minimum atomic E-state index is -1.17. The molecule has 1 aromatic rings. The molecule has 126 valence electrons. The number of nitrogens with zero attached hydrogens (tertiary/aromatic N) is 2. The van der Waals surface area contributed by atoms with Gasteiger partial charge in [-0.3, -0.25) is 10.1 Å². The lowest BCUT2D eigenvalue weighted by atomic mass is 9.76. The van der Waals surface area contributed by atoms with E-state index in [0.717, 1.165) is 32.0 Å². The third-order valence-electron chi connectivity index (χ3n) is 5.15. The number of nitrogens with one attached hydrogen (secondary N) is 1. The zero-order valence-corrected chi connectivity index (χ0v) is 12.9. The van der Waals surface area contributed by atoms with Crippen molar-refractivity contribution in [3.05, 3.63) is 34.1 Å². The number of anilines is 1. The maximum atomic E-state index is 15.2. The number of nitro benzene ring substituents is 1. The van der Waals surface area contributed by atoms with Gasteiger partial charge in [0.15, 0.2) is 5.82 Å². The minimum Gasteiger partial charge on any atom is -0.369 e. The van der Waals surface area contributed by atoms with Crippen molar-refractivity contribution in [3.8, 4) is 0 Å². The van der Waals surface area contributed by atoms with Gasteiger partial charge in [0.1, 0.15) is 5.67 Å². The van der Waals surface area contributed by atoms with Gasteiger partial charge in [0.2, 0.25) is 0 Å². The molecule has 2 saturated heterocycles. The van der Waals surface area contributed by atoms with Crippen LogP contribution >= 0.6 is 0 Å². The molecule has 0 spiro atoms. The van der Waals surface area contributed by atoms with E-state index in [1.54, 1.807) is 4.90 Å². The molecule has 3 rings (SSSR count). The molecule has 2 aliphatic heterocycles. The summed E-state index contributed by atoms with van der Waals surface area (Å²) in [6.07, 6.45) is 2.47. The molecule has 0 bridgehead atoms. The summed E-state index contributed by atoms with van der Waals surface area (Å²) in [5.74, 6) is -0.542. The minimum absolute atomic E-state index is 0.0765. The first-order chi connectivity index (χ1) is 11.0. The summed E-state index contributed by atoms with van der Waals surface area (Å²) in [6.45, 7) is 2.60. The first-order valence-corrected chi connectivity index (χ1v) is 8.08. The third-order valence-corrected chi connectivity index (χ3v) is 5.15. The Hall–Kier alpha value is -1.76. The summed E-state index contributed by atoms with van der Waals surface area (Å²) >= 11 is 0. The Balaban J connectivity index is 1.68. The lowest BCUT2D eigenvalue weighted by Crippen LogP contribution is -2.49. The van der Waals surface area contributed by atoms with Crippen LogP contribution in [0, 0.1) is 21.8 Å². The number of non-ortho nitro benzene ring substituents is 1. The number of nitro groups is 1. The highest BCUT2D eigenvalue weighted by atomic mass is 19.1. The van der Waals surface area contributed by atoms with Crippen LogP contribution in [-0.4, -0.2) is 36.8 Å². The van der Waals surface area contributed by atoms with Gasteiger partial charge < -0.3 is 10.2 Å². The number of rotatable bonds is 3. The molecule has 1 aromatic carbocycles.